The molecule has 3 N–H and O–H groups in total. The minimum Gasteiger partial charge on any atom is -0.475 e. The summed E-state index contributed by atoms with van der Waals surface area (Å²) in [6.07, 6.45) is -3.52. The number of nitrogens with one attached hydrogen (secondary N) is 2. The third kappa shape index (κ3) is 7.25. The molecule has 0 aliphatic carbocycles. The number of alkyl halides is 3. The number of fused-ring (bicyclic) bond motifs is 2. The summed E-state index contributed by atoms with van der Waals surface area (Å²) in [4.78, 5) is 29.5. The maximum absolute atomic E-state index is 12.7. The van der Waals surface area contributed by atoms with Crippen LogP contribution in [0.3, 0.4) is 0 Å². The van der Waals surface area contributed by atoms with E-state index in [1.54, 1.807) is 0 Å². The van der Waals surface area contributed by atoms with Crippen molar-refractivity contribution in [3.8, 4) is 0 Å². The van der Waals surface area contributed by atoms with E-state index in [0.29, 0.717) is 13.2 Å². The summed E-state index contributed by atoms with van der Waals surface area (Å²) in [5.74, 6) is -2.78. The molecule has 1 atom stereocenters. The average molecular weight is 629 g/mol. The zero-order valence-electron chi connectivity index (χ0n) is 24.2. The lowest BCUT2D eigenvalue weighted by Gasteiger charge is -2.35. The van der Waals surface area contributed by atoms with Crippen molar-refractivity contribution in [3.05, 3.63) is 70.4 Å². The number of benzene rings is 2. The van der Waals surface area contributed by atoms with E-state index in [4.69, 9.17) is 19.6 Å². The fraction of sp³-hybridized carbons (Fsp3) is 0.367. The van der Waals surface area contributed by atoms with Gasteiger partial charge >= 0.3 is 12.1 Å². The van der Waals surface area contributed by atoms with Gasteiger partial charge in [-0.1, -0.05) is 29.5 Å². The van der Waals surface area contributed by atoms with Gasteiger partial charge in [0, 0.05) is 35.3 Å². The molecule has 4 heterocycles. The van der Waals surface area contributed by atoms with Crippen LogP contribution in [0.15, 0.2) is 48.5 Å². The van der Waals surface area contributed by atoms with Gasteiger partial charge in [-0.05, 0) is 63.1 Å². The number of carbonyl (C=O) groups is 2. The van der Waals surface area contributed by atoms with Crippen molar-refractivity contribution in [3.63, 3.8) is 0 Å². The summed E-state index contributed by atoms with van der Waals surface area (Å²) in [6.45, 7) is 8.07. The molecule has 1 amide bonds. The van der Waals surface area contributed by atoms with Gasteiger partial charge in [-0.15, -0.1) is 0 Å². The summed E-state index contributed by atoms with van der Waals surface area (Å²) >= 11 is 1.50. The molecule has 6 rings (SSSR count). The first kappa shape index (κ1) is 31.1. The lowest BCUT2D eigenvalue weighted by Crippen LogP contribution is -2.48. The number of carbonyl (C=O) groups excluding carboxylic acids is 1. The van der Waals surface area contributed by atoms with E-state index in [9.17, 15) is 18.0 Å². The number of aryl methyl sites for hydroxylation is 1. The van der Waals surface area contributed by atoms with Gasteiger partial charge in [0.25, 0.3) is 5.91 Å². The molecule has 1 fully saturated rings. The van der Waals surface area contributed by atoms with Crippen LogP contribution in [-0.4, -0.2) is 69.7 Å². The van der Waals surface area contributed by atoms with Crippen molar-refractivity contribution in [2.75, 3.05) is 30.0 Å². The summed E-state index contributed by atoms with van der Waals surface area (Å²) < 4.78 is 37.6. The van der Waals surface area contributed by atoms with Crippen LogP contribution < -0.4 is 15.5 Å². The van der Waals surface area contributed by atoms with Crippen LogP contribution in [0.4, 0.5) is 29.7 Å². The molecule has 1 saturated heterocycles. The Morgan fingerprint density at radius 3 is 2.70 bits per heavy atom. The number of aliphatic carboxylic acids is 1. The number of carboxylic acid groups (broad SMARTS) is 1. The highest BCUT2D eigenvalue weighted by atomic mass is 32.1. The molecule has 0 radical (unpaired) electrons. The van der Waals surface area contributed by atoms with Crippen molar-refractivity contribution >= 4 is 50.6 Å². The van der Waals surface area contributed by atoms with E-state index in [2.05, 4.69) is 62.1 Å². The molecule has 0 bridgehead atoms. The summed E-state index contributed by atoms with van der Waals surface area (Å²) in [5, 5.41) is 24.2. The molecule has 1 unspecified atom stereocenters. The van der Waals surface area contributed by atoms with E-state index in [1.807, 2.05) is 32.9 Å². The monoisotopic (exact) mass is 628 g/mol. The highest BCUT2D eigenvalue weighted by Gasteiger charge is 2.38. The number of anilines is 3. The molecule has 0 saturated carbocycles. The maximum Gasteiger partial charge on any atom is 0.490 e. The first-order valence-electron chi connectivity index (χ1n) is 13.8. The Balaban J connectivity index is 0.000000493. The minimum absolute atomic E-state index is 0.0202. The number of morpholine rings is 1. The van der Waals surface area contributed by atoms with Gasteiger partial charge in [0.1, 0.15) is 4.88 Å². The lowest BCUT2D eigenvalue weighted by molar-refractivity contribution is -0.192. The number of amides is 1. The van der Waals surface area contributed by atoms with Crippen molar-refractivity contribution in [1.82, 2.24) is 20.5 Å². The second-order valence-electron chi connectivity index (χ2n) is 11.3. The SMILES string of the molecule is Cc1cc2c(Nc3cccc(CC4COCCN4c4nc5c(s4)C(=O)NC(C)(C)C5)c3)cccc2nn1.O=C(O)C(F)(F)F. The van der Waals surface area contributed by atoms with Crippen LogP contribution in [-0.2, 0) is 22.4 Å². The van der Waals surface area contributed by atoms with Gasteiger partial charge in [0.2, 0.25) is 0 Å². The summed E-state index contributed by atoms with van der Waals surface area (Å²) in [7, 11) is 0. The standard InChI is InChI=1S/C28H30N6O2S.C2HF3O2/c1-17-12-21-22(8-5-9-23(21)33-32-17)29-19-7-4-6-18(13-19)14-20-16-36-11-10-34(20)27-30-24-15-28(2,3)31-26(35)25(24)37-27;3-2(4,5)1(6)7/h4-9,12-13,20,29H,10-11,14-16H2,1-3H3,(H,31,35);(H,6,7). The van der Waals surface area contributed by atoms with Crippen LogP contribution in [0.25, 0.3) is 10.9 Å². The van der Waals surface area contributed by atoms with Gasteiger partial charge in [-0.25, -0.2) is 9.78 Å². The molecular formula is C30H31F3N6O4S. The second kappa shape index (κ2) is 12.4. The smallest absolute Gasteiger partial charge is 0.475 e. The van der Waals surface area contributed by atoms with Crippen molar-refractivity contribution in [2.24, 2.45) is 0 Å². The van der Waals surface area contributed by atoms with Crippen LogP contribution >= 0.6 is 11.3 Å². The van der Waals surface area contributed by atoms with Crippen LogP contribution in [0.2, 0.25) is 0 Å². The normalized spacial score (nSPS) is 17.7. The van der Waals surface area contributed by atoms with Crippen LogP contribution in [0, 0.1) is 6.92 Å². The van der Waals surface area contributed by atoms with Crippen molar-refractivity contribution < 1.29 is 32.6 Å². The number of nitrogens with zero attached hydrogens (tertiary/aromatic N) is 4. The number of aromatic nitrogens is 3. The zero-order chi connectivity index (χ0) is 31.6. The molecule has 4 aromatic rings. The lowest BCUT2D eigenvalue weighted by atomic mass is 9.94. The van der Waals surface area contributed by atoms with Gasteiger partial charge in [0.05, 0.1) is 36.2 Å². The Kier molecular flexibility index (Phi) is 8.75. The average Bonchev–Trinajstić information content (AvgIpc) is 3.37. The molecule has 2 aliphatic heterocycles. The van der Waals surface area contributed by atoms with Gasteiger partial charge in [-0.3, -0.25) is 4.79 Å². The molecule has 10 nitrogen and oxygen atoms in total. The van der Waals surface area contributed by atoms with Gasteiger partial charge in [0.15, 0.2) is 5.13 Å². The Bertz CT molecular complexity index is 1690. The molecule has 44 heavy (non-hydrogen) atoms. The molecule has 2 aromatic carbocycles. The van der Waals surface area contributed by atoms with Crippen molar-refractivity contribution in [2.45, 2.75) is 51.4 Å². The van der Waals surface area contributed by atoms with Crippen molar-refractivity contribution in [1.29, 1.82) is 0 Å². The number of thiazole rings is 1. The number of rotatable bonds is 5. The molecular weight excluding hydrogens is 597 g/mol. The number of ether oxygens (including phenoxy) is 1. The fourth-order valence-electron chi connectivity index (χ4n) is 5.14. The zero-order valence-corrected chi connectivity index (χ0v) is 25.1. The van der Waals surface area contributed by atoms with E-state index in [0.717, 1.165) is 63.1 Å². The predicted molar refractivity (Wildman–Crippen MR) is 161 cm³/mol. The number of halogens is 3. The third-order valence-corrected chi connectivity index (χ3v) is 8.23. The maximum atomic E-state index is 12.7. The minimum atomic E-state index is -5.08. The van der Waals surface area contributed by atoms with Gasteiger partial charge < -0.3 is 25.4 Å². The van der Waals surface area contributed by atoms with E-state index in [-0.39, 0.29) is 17.5 Å². The highest BCUT2D eigenvalue weighted by molar-refractivity contribution is 7.17. The molecule has 0 spiro atoms. The van der Waals surface area contributed by atoms with Gasteiger partial charge in [-0.2, -0.15) is 23.4 Å². The number of carboxylic acids is 1. The Labute approximate surface area is 255 Å². The Morgan fingerprint density at radius 1 is 1.20 bits per heavy atom. The Morgan fingerprint density at radius 2 is 1.95 bits per heavy atom. The quantitative estimate of drug-likeness (QED) is 0.270. The van der Waals surface area contributed by atoms with Crippen LogP contribution in [0.5, 0.6) is 0 Å². The topological polar surface area (TPSA) is 130 Å². The first-order chi connectivity index (χ1) is 20.8. The predicted octanol–water partition coefficient (Wildman–Crippen LogP) is 5.28. The van der Waals surface area contributed by atoms with Crippen LogP contribution in [0.1, 0.15) is 40.5 Å². The summed E-state index contributed by atoms with van der Waals surface area (Å²) in [5.41, 5.74) is 5.61. The first-order valence-corrected chi connectivity index (χ1v) is 14.7. The molecule has 232 valence electrons. The molecule has 2 aliphatic rings. The number of hydrogen-bond donors (Lipinski definition) is 3. The molecule has 2 aromatic heterocycles. The van der Waals surface area contributed by atoms with E-state index in [1.165, 1.54) is 16.9 Å². The van der Waals surface area contributed by atoms with E-state index >= 15 is 0 Å². The summed E-state index contributed by atoms with van der Waals surface area (Å²) in [6, 6.07) is 16.7. The number of hydrogen-bond acceptors (Lipinski definition) is 9. The molecule has 14 heteroatoms. The second-order valence-corrected chi connectivity index (χ2v) is 12.2. The highest BCUT2D eigenvalue weighted by Crippen LogP contribution is 2.34. The third-order valence-electron chi connectivity index (χ3n) is 7.10. The van der Waals surface area contributed by atoms with E-state index < -0.39 is 12.1 Å². The fourth-order valence-corrected chi connectivity index (χ4v) is 6.21. The largest absolute Gasteiger partial charge is 0.490 e. The Hall–Kier alpha value is -4.30.